The molecule has 0 radical (unpaired) electrons. The second-order valence-corrected chi connectivity index (χ2v) is 11.7. The molecule has 0 amide bonds. The van der Waals surface area contributed by atoms with Crippen LogP contribution >= 0.6 is 22.7 Å². The van der Waals surface area contributed by atoms with E-state index in [-0.39, 0.29) is 22.9 Å². The number of aromatic amines is 1. The molecule has 3 rings (SSSR count). The molecule has 1 aromatic carbocycles. The van der Waals surface area contributed by atoms with Crippen molar-refractivity contribution in [1.29, 1.82) is 0 Å². The average molecular weight is 500 g/mol. The van der Waals surface area contributed by atoms with Crippen molar-refractivity contribution < 1.29 is 18.3 Å². The van der Waals surface area contributed by atoms with Crippen molar-refractivity contribution in [2.75, 3.05) is 38.6 Å². The Morgan fingerprint density at radius 3 is 2.69 bits per heavy atom. The summed E-state index contributed by atoms with van der Waals surface area (Å²) >= 11 is 2.83. The van der Waals surface area contributed by atoms with Gasteiger partial charge in [0.1, 0.15) is 11.3 Å². The molecule has 11 heteroatoms. The summed E-state index contributed by atoms with van der Waals surface area (Å²) in [5.41, 5.74) is 1.44. The molecular formula is C21H29N3O5S3. The van der Waals surface area contributed by atoms with Crippen LogP contribution in [0.25, 0.3) is 10.2 Å². The number of fused-ring (bicyclic) bond motifs is 1. The van der Waals surface area contributed by atoms with Gasteiger partial charge in [0.2, 0.25) is 10.0 Å². The largest absolute Gasteiger partial charge is 0.506 e. The number of aryl methyl sites for hydroxylation is 1. The van der Waals surface area contributed by atoms with Crippen molar-refractivity contribution in [2.24, 2.45) is 0 Å². The second kappa shape index (κ2) is 11.9. The normalized spacial score (nSPS) is 12.0. The number of thiazole rings is 1. The molecule has 0 saturated carbocycles. The van der Waals surface area contributed by atoms with Crippen LogP contribution in [0.5, 0.6) is 5.75 Å². The van der Waals surface area contributed by atoms with E-state index in [9.17, 15) is 18.3 Å². The summed E-state index contributed by atoms with van der Waals surface area (Å²) in [6, 6.07) is 7.56. The van der Waals surface area contributed by atoms with Crippen molar-refractivity contribution in [3.63, 3.8) is 0 Å². The summed E-state index contributed by atoms with van der Waals surface area (Å²) in [5, 5.41) is 13.1. The van der Waals surface area contributed by atoms with Gasteiger partial charge in [-0.25, -0.2) is 13.1 Å². The minimum absolute atomic E-state index is 0.0529. The van der Waals surface area contributed by atoms with Crippen molar-refractivity contribution in [3.8, 4) is 5.75 Å². The van der Waals surface area contributed by atoms with E-state index in [1.165, 1.54) is 9.75 Å². The van der Waals surface area contributed by atoms with Crippen LogP contribution < -0.4 is 14.9 Å². The van der Waals surface area contributed by atoms with Crippen molar-refractivity contribution in [1.82, 2.24) is 15.0 Å². The minimum Gasteiger partial charge on any atom is -0.506 e. The Morgan fingerprint density at radius 2 is 1.91 bits per heavy atom. The fraction of sp³-hybridized carbons (Fsp3) is 0.476. The molecule has 0 aliphatic rings. The number of benzene rings is 1. The maximum atomic E-state index is 12.1. The van der Waals surface area contributed by atoms with Gasteiger partial charge in [-0.3, -0.25) is 4.79 Å². The lowest BCUT2D eigenvalue weighted by Gasteiger charge is -2.09. The standard InChI is InChI=1S/C21H29N3O5S3/c1-15-3-5-17(30-15)8-12-29-13-11-23-32(27,28)14-2-9-22-10-7-16-4-6-18(25)19-20(16)31-21(26)24-19/h3-6,22-23,25H,2,7-14H2,1H3,(H,24,26). The van der Waals surface area contributed by atoms with Gasteiger partial charge in [-0.1, -0.05) is 17.4 Å². The zero-order valence-corrected chi connectivity index (χ0v) is 20.4. The molecule has 0 aliphatic heterocycles. The zero-order valence-electron chi connectivity index (χ0n) is 18.0. The average Bonchev–Trinajstić information content (AvgIpc) is 3.34. The summed E-state index contributed by atoms with van der Waals surface area (Å²) < 4.78 is 33.0. The molecule has 0 bridgehead atoms. The number of thiophene rings is 1. The van der Waals surface area contributed by atoms with Crippen LogP contribution in [0, 0.1) is 6.92 Å². The first-order valence-corrected chi connectivity index (χ1v) is 13.8. The predicted molar refractivity (Wildman–Crippen MR) is 131 cm³/mol. The first kappa shape index (κ1) is 24.9. The van der Waals surface area contributed by atoms with E-state index in [0.29, 0.717) is 44.7 Å². The second-order valence-electron chi connectivity index (χ2n) is 7.40. The molecule has 3 aromatic rings. The number of phenolic OH excluding ortho intramolecular Hbond substituents is 1. The number of hydrogen-bond acceptors (Lipinski definition) is 8. The molecule has 0 atom stereocenters. The Kier molecular flexibility index (Phi) is 9.26. The molecule has 176 valence electrons. The van der Waals surface area contributed by atoms with Crippen LogP contribution in [0.1, 0.15) is 21.7 Å². The predicted octanol–water partition coefficient (Wildman–Crippen LogP) is 2.37. The Balaban J connectivity index is 1.26. The van der Waals surface area contributed by atoms with Gasteiger partial charge in [0.05, 0.1) is 23.7 Å². The lowest BCUT2D eigenvalue weighted by Crippen LogP contribution is -2.31. The highest BCUT2D eigenvalue weighted by molar-refractivity contribution is 7.89. The maximum absolute atomic E-state index is 12.1. The lowest BCUT2D eigenvalue weighted by molar-refractivity contribution is 0.143. The van der Waals surface area contributed by atoms with E-state index in [4.69, 9.17) is 4.74 Å². The van der Waals surface area contributed by atoms with Crippen LogP contribution in [0.15, 0.2) is 29.1 Å². The topological polar surface area (TPSA) is 121 Å². The SMILES string of the molecule is Cc1ccc(CCOCCNS(=O)(=O)CCCNCCc2ccc(O)c3[nH]c(=O)sc23)s1. The highest BCUT2D eigenvalue weighted by Crippen LogP contribution is 2.27. The Hall–Kier alpha value is -1.76. The highest BCUT2D eigenvalue weighted by atomic mass is 32.2. The van der Waals surface area contributed by atoms with Gasteiger partial charge in [-0.2, -0.15) is 0 Å². The molecule has 0 aliphatic carbocycles. The number of ether oxygens (including phenoxy) is 1. The maximum Gasteiger partial charge on any atom is 0.305 e. The van der Waals surface area contributed by atoms with Crippen LogP contribution in [0.3, 0.4) is 0 Å². The Bertz CT molecular complexity index is 1170. The summed E-state index contributed by atoms with van der Waals surface area (Å²) in [6.07, 6.45) is 2.02. The zero-order chi connectivity index (χ0) is 23.0. The van der Waals surface area contributed by atoms with E-state index in [2.05, 4.69) is 34.1 Å². The summed E-state index contributed by atoms with van der Waals surface area (Å²) in [4.78, 5) is 16.5. The highest BCUT2D eigenvalue weighted by Gasteiger charge is 2.11. The monoisotopic (exact) mass is 499 g/mol. The van der Waals surface area contributed by atoms with E-state index in [1.807, 2.05) is 0 Å². The van der Waals surface area contributed by atoms with Gasteiger partial charge in [0, 0.05) is 22.7 Å². The first-order valence-electron chi connectivity index (χ1n) is 10.5. The number of H-pyrrole nitrogens is 1. The van der Waals surface area contributed by atoms with Crippen LogP contribution in [-0.4, -0.2) is 57.1 Å². The lowest BCUT2D eigenvalue weighted by atomic mass is 10.1. The summed E-state index contributed by atoms with van der Waals surface area (Å²) in [6.45, 7) is 4.50. The Morgan fingerprint density at radius 1 is 1.06 bits per heavy atom. The van der Waals surface area contributed by atoms with Gasteiger partial charge in [0.25, 0.3) is 0 Å². The van der Waals surface area contributed by atoms with Crippen molar-refractivity contribution >= 4 is 42.9 Å². The molecular weight excluding hydrogens is 470 g/mol. The summed E-state index contributed by atoms with van der Waals surface area (Å²) in [5.74, 6) is 0.118. The third kappa shape index (κ3) is 7.68. The van der Waals surface area contributed by atoms with Crippen molar-refractivity contribution in [2.45, 2.75) is 26.2 Å². The number of nitrogens with one attached hydrogen (secondary N) is 3. The quantitative estimate of drug-likeness (QED) is 0.253. The number of phenols is 1. The van der Waals surface area contributed by atoms with Gasteiger partial charge >= 0.3 is 4.87 Å². The number of aromatic nitrogens is 1. The van der Waals surface area contributed by atoms with Crippen molar-refractivity contribution in [3.05, 3.63) is 49.3 Å². The van der Waals surface area contributed by atoms with Gasteiger partial charge < -0.3 is 20.1 Å². The third-order valence-corrected chi connectivity index (χ3v) is 8.32. The van der Waals surface area contributed by atoms with Crippen LogP contribution in [0.4, 0.5) is 0 Å². The molecule has 0 saturated heterocycles. The smallest absolute Gasteiger partial charge is 0.305 e. The van der Waals surface area contributed by atoms with Gasteiger partial charge in [-0.15, -0.1) is 11.3 Å². The Labute approximate surface area is 195 Å². The van der Waals surface area contributed by atoms with E-state index >= 15 is 0 Å². The number of aromatic hydroxyl groups is 1. The van der Waals surface area contributed by atoms with E-state index < -0.39 is 10.0 Å². The summed E-state index contributed by atoms with van der Waals surface area (Å²) in [7, 11) is -3.32. The third-order valence-electron chi connectivity index (χ3n) is 4.83. The van der Waals surface area contributed by atoms with Crippen LogP contribution in [0.2, 0.25) is 0 Å². The van der Waals surface area contributed by atoms with Gasteiger partial charge in [-0.05, 0) is 56.6 Å². The molecule has 4 N–H and O–H groups in total. The number of rotatable bonds is 14. The number of hydrogen-bond donors (Lipinski definition) is 4. The van der Waals surface area contributed by atoms with Gasteiger partial charge in [0.15, 0.2) is 0 Å². The molecule has 0 unspecified atom stereocenters. The van der Waals surface area contributed by atoms with E-state index in [1.54, 1.807) is 23.5 Å². The number of sulfonamides is 1. The molecule has 8 nitrogen and oxygen atoms in total. The van der Waals surface area contributed by atoms with Crippen LogP contribution in [-0.2, 0) is 27.6 Å². The van der Waals surface area contributed by atoms with E-state index in [0.717, 1.165) is 28.0 Å². The fourth-order valence-electron chi connectivity index (χ4n) is 3.24. The molecule has 0 spiro atoms. The molecule has 2 heterocycles. The minimum atomic E-state index is -3.32. The fourth-order valence-corrected chi connectivity index (χ4v) is 6.07. The molecule has 32 heavy (non-hydrogen) atoms. The molecule has 2 aromatic heterocycles. The molecule has 0 fully saturated rings. The first-order chi connectivity index (χ1) is 15.3.